The summed E-state index contributed by atoms with van der Waals surface area (Å²) in [5, 5.41) is 2.45. The van der Waals surface area contributed by atoms with Gasteiger partial charge in [-0.15, -0.1) is 0 Å². The number of hydrogen-bond donors (Lipinski definition) is 3. The lowest BCUT2D eigenvalue weighted by atomic mass is 10.2. The van der Waals surface area contributed by atoms with Gasteiger partial charge < -0.3 is 14.8 Å². The number of para-hydroxylation sites is 1. The molecule has 0 heterocycles. The van der Waals surface area contributed by atoms with Gasteiger partial charge in [-0.25, -0.2) is 4.39 Å². The van der Waals surface area contributed by atoms with Crippen LogP contribution in [-0.4, -0.2) is 37.0 Å². The van der Waals surface area contributed by atoms with Crippen molar-refractivity contribution in [2.75, 3.05) is 13.2 Å². The van der Waals surface area contributed by atoms with Crippen LogP contribution in [0.25, 0.3) is 0 Å². The number of carbonyl (C=O) groups excluding carboxylic acids is 3. The lowest BCUT2D eigenvalue weighted by molar-refractivity contribution is -0.132. The number of amides is 3. The number of ether oxygens (including phenoxy) is 2. The zero-order chi connectivity index (χ0) is 22.6. The highest BCUT2D eigenvalue weighted by atomic mass is 19.1. The number of hydrogen-bond acceptors (Lipinski definition) is 5. The minimum atomic E-state index is -1.05. The number of benzene rings is 2. The van der Waals surface area contributed by atoms with E-state index < -0.39 is 29.6 Å². The molecule has 0 fully saturated rings. The van der Waals surface area contributed by atoms with E-state index in [1.165, 1.54) is 25.1 Å². The third-order valence-electron chi connectivity index (χ3n) is 4.13. The molecule has 0 aliphatic heterocycles. The normalized spacial score (nSPS) is 11.2. The molecule has 0 aromatic heterocycles. The number of rotatable bonds is 10. The zero-order valence-electron chi connectivity index (χ0n) is 17.4. The molecule has 31 heavy (non-hydrogen) atoms. The Hall–Kier alpha value is -3.62. The van der Waals surface area contributed by atoms with Crippen molar-refractivity contribution in [3.8, 4) is 11.5 Å². The molecule has 9 heteroatoms. The smallest absolute Gasteiger partial charge is 0.279 e. The Morgan fingerprint density at radius 3 is 2.42 bits per heavy atom. The summed E-state index contributed by atoms with van der Waals surface area (Å²) in [7, 11) is 0. The van der Waals surface area contributed by atoms with Crippen LogP contribution < -0.4 is 25.6 Å². The summed E-state index contributed by atoms with van der Waals surface area (Å²) in [4.78, 5) is 36.0. The third-order valence-corrected chi connectivity index (χ3v) is 4.13. The average Bonchev–Trinajstić information content (AvgIpc) is 2.78. The molecule has 166 valence electrons. The van der Waals surface area contributed by atoms with Crippen molar-refractivity contribution < 1.29 is 28.2 Å². The second-order valence-corrected chi connectivity index (χ2v) is 6.64. The fourth-order valence-electron chi connectivity index (χ4n) is 2.36. The molecule has 3 amide bonds. The summed E-state index contributed by atoms with van der Waals surface area (Å²) in [6.07, 6.45) is 0.924. The molecule has 0 saturated heterocycles. The van der Waals surface area contributed by atoms with Gasteiger partial charge in [-0.2, -0.15) is 0 Å². The van der Waals surface area contributed by atoms with E-state index >= 15 is 0 Å². The van der Waals surface area contributed by atoms with Crippen LogP contribution in [0, 0.1) is 5.82 Å². The van der Waals surface area contributed by atoms with E-state index in [1.54, 1.807) is 30.3 Å². The van der Waals surface area contributed by atoms with Gasteiger partial charge >= 0.3 is 0 Å². The molecule has 0 bridgehead atoms. The molecule has 2 aromatic rings. The average molecular weight is 431 g/mol. The van der Waals surface area contributed by atoms with Gasteiger partial charge in [0.25, 0.3) is 17.7 Å². The molecular formula is C22H26FN3O5. The van der Waals surface area contributed by atoms with Crippen molar-refractivity contribution in [3.05, 3.63) is 59.9 Å². The molecule has 8 nitrogen and oxygen atoms in total. The van der Waals surface area contributed by atoms with Gasteiger partial charge in [-0.3, -0.25) is 25.2 Å². The zero-order valence-corrected chi connectivity index (χ0v) is 17.4. The van der Waals surface area contributed by atoms with Gasteiger partial charge in [0, 0.05) is 5.56 Å². The molecule has 1 unspecified atom stereocenters. The monoisotopic (exact) mass is 431 g/mol. The Balaban J connectivity index is 1.71. The Bertz CT molecular complexity index is 889. The lowest BCUT2D eigenvalue weighted by Gasteiger charge is -2.15. The topological polar surface area (TPSA) is 106 Å². The molecule has 2 rings (SSSR count). The first-order valence-corrected chi connectivity index (χ1v) is 9.91. The molecular weight excluding hydrogens is 405 g/mol. The van der Waals surface area contributed by atoms with Gasteiger partial charge in [0.05, 0.1) is 13.2 Å². The van der Waals surface area contributed by atoms with Crippen molar-refractivity contribution in [2.45, 2.75) is 32.8 Å². The summed E-state index contributed by atoms with van der Waals surface area (Å²) < 4.78 is 24.3. The summed E-state index contributed by atoms with van der Waals surface area (Å²) in [6, 6.07) is 12.2. The number of hydrazine groups is 1. The Morgan fingerprint density at radius 2 is 1.74 bits per heavy atom. The van der Waals surface area contributed by atoms with Gasteiger partial charge in [-0.1, -0.05) is 25.5 Å². The summed E-state index contributed by atoms with van der Waals surface area (Å²) in [6.45, 7) is 3.73. The maximum Gasteiger partial charge on any atom is 0.279 e. The fourth-order valence-corrected chi connectivity index (χ4v) is 2.36. The third kappa shape index (κ3) is 7.96. The maximum absolute atomic E-state index is 13.6. The highest BCUT2D eigenvalue weighted by molar-refractivity contribution is 5.96. The maximum atomic E-state index is 13.6. The highest BCUT2D eigenvalue weighted by Crippen LogP contribution is 2.17. The van der Waals surface area contributed by atoms with E-state index in [0.29, 0.717) is 17.9 Å². The quantitative estimate of drug-likeness (QED) is 0.396. The first-order chi connectivity index (χ1) is 14.9. The fraction of sp³-hybridized carbons (Fsp3) is 0.318. The molecule has 0 spiro atoms. The van der Waals surface area contributed by atoms with Crippen LogP contribution >= 0.6 is 0 Å². The second-order valence-electron chi connectivity index (χ2n) is 6.64. The Labute approximate surface area is 180 Å². The van der Waals surface area contributed by atoms with Crippen LogP contribution in [0.5, 0.6) is 11.5 Å². The molecule has 0 saturated carbocycles. The van der Waals surface area contributed by atoms with E-state index in [-0.39, 0.29) is 12.3 Å². The molecule has 0 radical (unpaired) electrons. The van der Waals surface area contributed by atoms with Crippen molar-refractivity contribution in [1.29, 1.82) is 0 Å². The van der Waals surface area contributed by atoms with Crippen LogP contribution in [0.4, 0.5) is 4.39 Å². The van der Waals surface area contributed by atoms with E-state index in [4.69, 9.17) is 9.47 Å². The van der Waals surface area contributed by atoms with Crippen LogP contribution in [-0.2, 0) is 9.59 Å². The van der Waals surface area contributed by atoms with Crippen molar-refractivity contribution in [1.82, 2.24) is 16.2 Å². The van der Waals surface area contributed by atoms with Crippen LogP contribution in [0.1, 0.15) is 37.0 Å². The van der Waals surface area contributed by atoms with Gasteiger partial charge in [-0.05, 0) is 49.7 Å². The number of carbonyl (C=O) groups is 3. The molecule has 0 aliphatic carbocycles. The largest absolute Gasteiger partial charge is 0.494 e. The molecule has 2 aromatic carbocycles. The molecule has 0 aliphatic rings. The number of unbranched alkanes of at least 4 members (excludes halogenated alkanes) is 1. The summed E-state index contributed by atoms with van der Waals surface area (Å²) in [5.74, 6) is -1.78. The predicted molar refractivity (Wildman–Crippen MR) is 112 cm³/mol. The summed E-state index contributed by atoms with van der Waals surface area (Å²) >= 11 is 0. The van der Waals surface area contributed by atoms with Gasteiger partial charge in [0.1, 0.15) is 5.75 Å². The van der Waals surface area contributed by atoms with E-state index in [1.807, 2.05) is 0 Å². The van der Waals surface area contributed by atoms with E-state index in [9.17, 15) is 18.8 Å². The van der Waals surface area contributed by atoms with Gasteiger partial charge in [0.2, 0.25) is 0 Å². The number of halogens is 1. The van der Waals surface area contributed by atoms with Crippen LogP contribution in [0.3, 0.4) is 0 Å². The summed E-state index contributed by atoms with van der Waals surface area (Å²) in [5.41, 5.74) is 4.69. The standard InChI is InChI=1S/C22H26FN3O5/c1-3-4-13-30-17-11-9-16(10-12-17)22(29)24-14-20(27)25-26-21(28)15(2)31-19-8-6-5-7-18(19)23/h5-12,15H,3-4,13-14H2,1-2H3,(H,24,29)(H,25,27)(H,26,28). The van der Waals surface area contributed by atoms with Crippen LogP contribution in [0.15, 0.2) is 48.5 Å². The second kappa shape index (κ2) is 12.2. The molecule has 3 N–H and O–H groups in total. The van der Waals surface area contributed by atoms with Crippen molar-refractivity contribution in [2.24, 2.45) is 0 Å². The highest BCUT2D eigenvalue weighted by Gasteiger charge is 2.17. The number of nitrogens with one attached hydrogen (secondary N) is 3. The van der Waals surface area contributed by atoms with E-state index in [2.05, 4.69) is 23.1 Å². The van der Waals surface area contributed by atoms with Crippen LogP contribution in [0.2, 0.25) is 0 Å². The van der Waals surface area contributed by atoms with E-state index in [0.717, 1.165) is 12.8 Å². The first kappa shape index (κ1) is 23.7. The first-order valence-electron chi connectivity index (χ1n) is 9.91. The predicted octanol–water partition coefficient (Wildman–Crippen LogP) is 2.35. The minimum Gasteiger partial charge on any atom is -0.494 e. The van der Waals surface area contributed by atoms with Gasteiger partial charge in [0.15, 0.2) is 17.7 Å². The van der Waals surface area contributed by atoms with Crippen molar-refractivity contribution >= 4 is 17.7 Å². The Morgan fingerprint density at radius 1 is 1.03 bits per heavy atom. The van der Waals surface area contributed by atoms with Crippen molar-refractivity contribution in [3.63, 3.8) is 0 Å². The minimum absolute atomic E-state index is 0.0782. The molecule has 1 atom stereocenters. The SMILES string of the molecule is CCCCOc1ccc(C(=O)NCC(=O)NNC(=O)C(C)Oc2ccccc2F)cc1. The Kier molecular flexibility index (Phi) is 9.28. The lowest BCUT2D eigenvalue weighted by Crippen LogP contribution is -2.50.